The van der Waals surface area contributed by atoms with Gasteiger partial charge in [0.15, 0.2) is 9.84 Å². The first-order valence-electron chi connectivity index (χ1n) is 14.6. The summed E-state index contributed by atoms with van der Waals surface area (Å²) in [6.07, 6.45) is 5.35. The minimum absolute atomic E-state index is 0.196. The van der Waals surface area contributed by atoms with Gasteiger partial charge in [0.25, 0.3) is 0 Å². The largest absolute Gasteiger partial charge is 0.457 e. The van der Waals surface area contributed by atoms with E-state index in [9.17, 15) is 18.0 Å². The molecule has 0 fully saturated rings. The predicted octanol–water partition coefficient (Wildman–Crippen LogP) is 6.70. The van der Waals surface area contributed by atoms with Crippen molar-refractivity contribution in [1.29, 1.82) is 0 Å². The van der Waals surface area contributed by atoms with Gasteiger partial charge in [-0.3, -0.25) is 10.6 Å². The zero-order valence-electron chi connectivity index (χ0n) is 25.9. The first-order chi connectivity index (χ1) is 22.0. The van der Waals surface area contributed by atoms with Gasteiger partial charge in [-0.15, -0.1) is 0 Å². The molecule has 0 bridgehead atoms. The monoisotopic (exact) mass is 641 g/mol. The van der Waals surface area contributed by atoms with E-state index >= 15 is 0 Å². The number of aromatic nitrogens is 3. The van der Waals surface area contributed by atoms with Crippen molar-refractivity contribution in [1.82, 2.24) is 19.7 Å². The van der Waals surface area contributed by atoms with Crippen LogP contribution in [0.4, 0.5) is 26.9 Å². The predicted molar refractivity (Wildman–Crippen MR) is 179 cm³/mol. The number of nitrogens with zero attached hydrogens (tertiary/aromatic N) is 4. The zero-order chi connectivity index (χ0) is 32.8. The number of aryl methyl sites for hydroxylation is 1. The molecule has 0 aliphatic carbocycles. The SMILES string of the molecule is CCCCc1cc(NC(=O)Nc2ccc(Oc3ccnc(NC(=O)N(C)C)c3)c3ccccc23)n(-c2ccc(S(C)(=O)=O)cc2)n1. The normalized spacial score (nSPS) is 11.2. The van der Waals surface area contributed by atoms with E-state index in [-0.39, 0.29) is 10.9 Å². The maximum atomic E-state index is 13.3. The van der Waals surface area contributed by atoms with Gasteiger partial charge in [0.1, 0.15) is 23.1 Å². The molecule has 0 unspecified atom stereocenters. The minimum Gasteiger partial charge on any atom is -0.457 e. The van der Waals surface area contributed by atoms with Crippen LogP contribution < -0.4 is 20.7 Å². The second-order valence-electron chi connectivity index (χ2n) is 10.8. The first kappa shape index (κ1) is 32.0. The van der Waals surface area contributed by atoms with Crippen molar-refractivity contribution in [2.45, 2.75) is 31.1 Å². The summed E-state index contributed by atoms with van der Waals surface area (Å²) in [5, 5.41) is 14.7. The van der Waals surface area contributed by atoms with E-state index < -0.39 is 15.9 Å². The summed E-state index contributed by atoms with van der Waals surface area (Å²) in [6, 6.07) is 21.7. The average Bonchev–Trinajstić information content (AvgIpc) is 3.43. The summed E-state index contributed by atoms with van der Waals surface area (Å²) in [5.74, 6) is 1.81. The van der Waals surface area contributed by atoms with Gasteiger partial charge in [-0.25, -0.2) is 27.7 Å². The molecule has 5 aromatic rings. The molecular weight excluding hydrogens is 606 g/mol. The number of unbranched alkanes of at least 4 members (excludes halogenated alkanes) is 1. The van der Waals surface area contributed by atoms with E-state index in [4.69, 9.17) is 4.74 Å². The highest BCUT2D eigenvalue weighted by atomic mass is 32.2. The highest BCUT2D eigenvalue weighted by Crippen LogP contribution is 2.35. The van der Waals surface area contributed by atoms with Crippen LogP contribution in [0.15, 0.2) is 90.0 Å². The number of nitrogens with one attached hydrogen (secondary N) is 3. The fraction of sp³-hybridized carbons (Fsp3) is 0.212. The van der Waals surface area contributed by atoms with E-state index in [1.165, 1.54) is 17.0 Å². The van der Waals surface area contributed by atoms with Crippen molar-refractivity contribution in [3.8, 4) is 17.2 Å². The van der Waals surface area contributed by atoms with E-state index in [0.29, 0.717) is 34.5 Å². The molecule has 0 spiro atoms. The topological polar surface area (TPSA) is 148 Å². The third kappa shape index (κ3) is 7.61. The van der Waals surface area contributed by atoms with Crippen LogP contribution in [0.3, 0.4) is 0 Å². The average molecular weight is 642 g/mol. The van der Waals surface area contributed by atoms with E-state index in [0.717, 1.165) is 42.0 Å². The smallest absolute Gasteiger partial charge is 0.324 e. The van der Waals surface area contributed by atoms with Crippen molar-refractivity contribution in [3.05, 3.63) is 90.8 Å². The highest BCUT2D eigenvalue weighted by molar-refractivity contribution is 7.90. The molecule has 238 valence electrons. The van der Waals surface area contributed by atoms with Gasteiger partial charge in [0.05, 0.1) is 22.0 Å². The van der Waals surface area contributed by atoms with Gasteiger partial charge in [-0.1, -0.05) is 37.6 Å². The number of fused-ring (bicyclic) bond motifs is 1. The van der Waals surface area contributed by atoms with Crippen LogP contribution in [0.5, 0.6) is 11.5 Å². The number of urea groups is 2. The summed E-state index contributed by atoms with van der Waals surface area (Å²) in [5.41, 5.74) is 1.97. The molecule has 46 heavy (non-hydrogen) atoms. The summed E-state index contributed by atoms with van der Waals surface area (Å²) >= 11 is 0. The molecule has 2 heterocycles. The van der Waals surface area contributed by atoms with Crippen molar-refractivity contribution in [3.63, 3.8) is 0 Å². The van der Waals surface area contributed by atoms with Crippen LogP contribution in [-0.2, 0) is 16.3 Å². The van der Waals surface area contributed by atoms with Crippen molar-refractivity contribution < 1.29 is 22.7 Å². The second-order valence-corrected chi connectivity index (χ2v) is 12.9. The third-order valence-electron chi connectivity index (χ3n) is 7.03. The Morgan fingerprint density at radius 2 is 1.65 bits per heavy atom. The Balaban J connectivity index is 1.38. The van der Waals surface area contributed by atoms with Crippen molar-refractivity contribution in [2.75, 3.05) is 36.3 Å². The lowest BCUT2D eigenvalue weighted by Gasteiger charge is -2.15. The van der Waals surface area contributed by atoms with Crippen molar-refractivity contribution in [2.24, 2.45) is 0 Å². The number of amides is 4. The molecule has 3 aromatic carbocycles. The molecule has 4 amide bonds. The lowest BCUT2D eigenvalue weighted by molar-refractivity contribution is 0.230. The highest BCUT2D eigenvalue weighted by Gasteiger charge is 2.16. The van der Waals surface area contributed by atoms with Crippen LogP contribution in [-0.4, -0.2) is 60.5 Å². The Morgan fingerprint density at radius 3 is 2.35 bits per heavy atom. The molecular formula is C33H35N7O5S. The van der Waals surface area contributed by atoms with Crippen LogP contribution in [0, 0.1) is 0 Å². The van der Waals surface area contributed by atoms with Gasteiger partial charge in [-0.05, 0) is 55.3 Å². The van der Waals surface area contributed by atoms with Crippen LogP contribution in [0.2, 0.25) is 0 Å². The molecule has 2 aromatic heterocycles. The summed E-state index contributed by atoms with van der Waals surface area (Å²) in [6.45, 7) is 2.09. The molecule has 0 saturated carbocycles. The Labute approximate surface area is 267 Å². The number of ether oxygens (including phenoxy) is 1. The Morgan fingerprint density at radius 1 is 0.913 bits per heavy atom. The number of carbonyl (C=O) groups excluding carboxylic acids is 2. The first-order valence-corrected chi connectivity index (χ1v) is 16.5. The van der Waals surface area contributed by atoms with Crippen LogP contribution in [0.25, 0.3) is 16.5 Å². The number of pyridine rings is 1. The lowest BCUT2D eigenvalue weighted by Crippen LogP contribution is -2.27. The maximum absolute atomic E-state index is 13.3. The summed E-state index contributed by atoms with van der Waals surface area (Å²) in [7, 11) is -0.0840. The Bertz CT molecular complexity index is 1990. The maximum Gasteiger partial charge on any atom is 0.324 e. The van der Waals surface area contributed by atoms with Gasteiger partial charge >= 0.3 is 12.1 Å². The number of sulfone groups is 1. The van der Waals surface area contributed by atoms with Gasteiger partial charge in [-0.2, -0.15) is 5.10 Å². The molecule has 0 aliphatic heterocycles. The number of benzene rings is 3. The second kappa shape index (κ2) is 13.7. The van der Waals surface area contributed by atoms with Gasteiger partial charge in [0.2, 0.25) is 0 Å². The number of carbonyl (C=O) groups is 2. The van der Waals surface area contributed by atoms with E-state index in [1.54, 1.807) is 61.4 Å². The van der Waals surface area contributed by atoms with E-state index in [2.05, 4.69) is 33.0 Å². The number of hydrogen-bond donors (Lipinski definition) is 3. The molecule has 0 saturated heterocycles. The van der Waals surface area contributed by atoms with Gasteiger partial charge in [0, 0.05) is 49.5 Å². The van der Waals surface area contributed by atoms with Crippen LogP contribution >= 0.6 is 0 Å². The molecule has 0 aliphatic rings. The molecule has 12 nitrogen and oxygen atoms in total. The van der Waals surface area contributed by atoms with Gasteiger partial charge < -0.3 is 15.0 Å². The Hall–Kier alpha value is -5.43. The van der Waals surface area contributed by atoms with Crippen LogP contribution in [0.1, 0.15) is 25.5 Å². The molecule has 0 radical (unpaired) electrons. The molecule has 0 atom stereocenters. The summed E-state index contributed by atoms with van der Waals surface area (Å²) < 4.78 is 31.7. The third-order valence-corrected chi connectivity index (χ3v) is 8.16. The summed E-state index contributed by atoms with van der Waals surface area (Å²) in [4.78, 5) is 31.2. The Kier molecular flexibility index (Phi) is 9.52. The standard InChI is InChI=1S/C33H35N7O5S/c1-5-6-9-22-20-31(40(38-22)23-12-14-25(15-13-23)46(4,43)44)37-32(41)35-28-16-17-29(27-11-8-7-10-26(27)28)45-24-18-19-34-30(21-24)36-33(42)39(2)3/h7-8,10-21H,5-6,9H2,1-4H3,(H,34,36,42)(H2,35,37,41). The fourth-order valence-corrected chi connectivity index (χ4v) is 5.29. The molecule has 3 N–H and O–H groups in total. The molecule has 13 heteroatoms. The quantitative estimate of drug-likeness (QED) is 0.154. The fourth-order valence-electron chi connectivity index (χ4n) is 4.66. The number of hydrogen-bond acceptors (Lipinski definition) is 7. The van der Waals surface area contributed by atoms with E-state index in [1.807, 2.05) is 30.3 Å². The lowest BCUT2D eigenvalue weighted by atomic mass is 10.1. The minimum atomic E-state index is -3.36. The zero-order valence-corrected chi connectivity index (χ0v) is 26.8. The molecule has 5 rings (SSSR count). The van der Waals surface area contributed by atoms with Crippen molar-refractivity contribution >= 4 is 50.0 Å². The number of rotatable bonds is 10. The number of anilines is 3.